The molecule has 2 aliphatic rings. The molecule has 0 heterocycles. The van der Waals surface area contributed by atoms with Crippen molar-refractivity contribution in [1.29, 1.82) is 0 Å². The third-order valence-corrected chi connectivity index (χ3v) is 5.66. The Hall–Kier alpha value is -2.90. The largest absolute Gasteiger partial charge is 0.495 e. The van der Waals surface area contributed by atoms with Crippen LogP contribution in [0.15, 0.2) is 29.3 Å². The number of nitro groups is 1. The summed E-state index contributed by atoms with van der Waals surface area (Å²) in [5.74, 6) is -2.84. The predicted molar refractivity (Wildman–Crippen MR) is 97.5 cm³/mol. The zero-order valence-corrected chi connectivity index (χ0v) is 15.4. The minimum atomic E-state index is -0.980. The molecule has 2 N–H and O–H groups in total. The number of nitrogens with one attached hydrogen (secondary N) is 1. The smallest absolute Gasteiger partial charge is 0.307 e. The van der Waals surface area contributed by atoms with E-state index in [4.69, 9.17) is 4.74 Å². The second-order valence-electron chi connectivity index (χ2n) is 7.27. The molecule has 2 fully saturated rings. The first kappa shape index (κ1) is 18.9. The number of nitrogens with zero attached hydrogens (tertiary/aromatic N) is 1. The Morgan fingerprint density at radius 2 is 1.85 bits per heavy atom. The lowest BCUT2D eigenvalue weighted by Gasteiger charge is -2.26. The van der Waals surface area contributed by atoms with Crippen LogP contribution in [0.5, 0.6) is 5.75 Å². The van der Waals surface area contributed by atoms with Gasteiger partial charge in [-0.25, -0.2) is 0 Å². The van der Waals surface area contributed by atoms with Gasteiger partial charge in [-0.3, -0.25) is 19.7 Å². The Bertz CT molecular complexity index is 843. The van der Waals surface area contributed by atoms with Gasteiger partial charge in [0.05, 0.1) is 29.6 Å². The molecular weight excluding hydrogens is 352 g/mol. The van der Waals surface area contributed by atoms with E-state index in [9.17, 15) is 24.8 Å². The highest BCUT2D eigenvalue weighted by atomic mass is 16.6. The number of carboxylic acids is 1. The first-order valence-electron chi connectivity index (χ1n) is 8.79. The van der Waals surface area contributed by atoms with Crippen LogP contribution in [-0.4, -0.2) is 29.0 Å². The lowest BCUT2D eigenvalue weighted by Crippen LogP contribution is -2.37. The number of rotatable bonds is 5. The lowest BCUT2D eigenvalue weighted by atomic mass is 9.78. The number of carbonyl (C=O) groups excluding carboxylic acids is 1. The van der Waals surface area contributed by atoms with Gasteiger partial charge in [0.15, 0.2) is 0 Å². The van der Waals surface area contributed by atoms with Crippen molar-refractivity contribution in [2.24, 2.45) is 23.7 Å². The zero-order chi connectivity index (χ0) is 19.9. The first-order chi connectivity index (χ1) is 12.8. The normalized spacial score (nSPS) is 26.0. The van der Waals surface area contributed by atoms with E-state index in [2.05, 4.69) is 5.32 Å². The number of methoxy groups -OCH3 is 1. The van der Waals surface area contributed by atoms with E-state index >= 15 is 0 Å². The average Bonchev–Trinajstić information content (AvgIpc) is 3.17. The number of ether oxygens (including phenoxy) is 1. The zero-order valence-electron chi connectivity index (χ0n) is 15.4. The summed E-state index contributed by atoms with van der Waals surface area (Å²) in [5, 5.41) is 23.4. The number of non-ortho nitro benzene ring substituents is 1. The molecule has 0 spiro atoms. The van der Waals surface area contributed by atoms with E-state index < -0.39 is 28.6 Å². The van der Waals surface area contributed by atoms with Gasteiger partial charge in [0.2, 0.25) is 5.91 Å². The number of benzene rings is 1. The third kappa shape index (κ3) is 3.15. The number of hydrogen-bond acceptors (Lipinski definition) is 5. The number of carbonyl (C=O) groups is 2. The monoisotopic (exact) mass is 374 g/mol. The quantitative estimate of drug-likeness (QED) is 0.464. The number of anilines is 1. The Labute approximate surface area is 156 Å². The molecular formula is C19H22N2O6. The number of amides is 1. The van der Waals surface area contributed by atoms with E-state index in [-0.39, 0.29) is 29.0 Å². The minimum absolute atomic E-state index is 0.106. The topological polar surface area (TPSA) is 119 Å². The highest BCUT2D eigenvalue weighted by molar-refractivity contribution is 5.98. The lowest BCUT2D eigenvalue weighted by molar-refractivity contribution is -0.384. The summed E-state index contributed by atoms with van der Waals surface area (Å²) >= 11 is 0. The number of aliphatic carboxylic acids is 1. The predicted octanol–water partition coefficient (Wildman–Crippen LogP) is 3.24. The van der Waals surface area contributed by atoms with Crippen LogP contribution in [0, 0.1) is 33.8 Å². The van der Waals surface area contributed by atoms with Crippen molar-refractivity contribution < 1.29 is 24.4 Å². The molecule has 3 rings (SSSR count). The van der Waals surface area contributed by atoms with Gasteiger partial charge >= 0.3 is 5.97 Å². The van der Waals surface area contributed by atoms with E-state index in [1.807, 2.05) is 13.8 Å². The van der Waals surface area contributed by atoms with Crippen LogP contribution in [0.2, 0.25) is 0 Å². The van der Waals surface area contributed by atoms with Crippen molar-refractivity contribution in [3.63, 3.8) is 0 Å². The van der Waals surface area contributed by atoms with Gasteiger partial charge in [-0.2, -0.15) is 0 Å². The van der Waals surface area contributed by atoms with Gasteiger partial charge in [0, 0.05) is 12.1 Å². The van der Waals surface area contributed by atoms with E-state index in [1.165, 1.54) is 25.3 Å². The maximum atomic E-state index is 13.0. The molecule has 1 aromatic rings. The maximum absolute atomic E-state index is 13.0. The summed E-state index contributed by atoms with van der Waals surface area (Å²) in [6.07, 6.45) is 1.55. The Balaban J connectivity index is 1.94. The first-order valence-corrected chi connectivity index (χ1v) is 8.79. The maximum Gasteiger partial charge on any atom is 0.307 e. The van der Waals surface area contributed by atoms with Crippen molar-refractivity contribution >= 4 is 23.3 Å². The minimum Gasteiger partial charge on any atom is -0.495 e. The molecule has 0 unspecified atom stereocenters. The van der Waals surface area contributed by atoms with Gasteiger partial charge < -0.3 is 15.2 Å². The molecule has 0 aliphatic heterocycles. The second-order valence-corrected chi connectivity index (χ2v) is 7.27. The van der Waals surface area contributed by atoms with Gasteiger partial charge in [-0.05, 0) is 44.6 Å². The molecule has 2 saturated carbocycles. The van der Waals surface area contributed by atoms with Crippen LogP contribution < -0.4 is 10.1 Å². The van der Waals surface area contributed by atoms with E-state index in [0.29, 0.717) is 0 Å². The van der Waals surface area contributed by atoms with Crippen molar-refractivity contribution in [2.45, 2.75) is 26.7 Å². The molecule has 27 heavy (non-hydrogen) atoms. The molecule has 4 atom stereocenters. The van der Waals surface area contributed by atoms with Gasteiger partial charge in [0.25, 0.3) is 5.69 Å². The fourth-order valence-electron chi connectivity index (χ4n) is 4.73. The summed E-state index contributed by atoms with van der Waals surface area (Å²) in [5.41, 5.74) is 2.13. The van der Waals surface area contributed by atoms with Gasteiger partial charge in [-0.15, -0.1) is 0 Å². The van der Waals surface area contributed by atoms with Crippen LogP contribution in [0.1, 0.15) is 26.7 Å². The van der Waals surface area contributed by atoms with Crippen molar-refractivity contribution in [3.8, 4) is 5.75 Å². The van der Waals surface area contributed by atoms with Gasteiger partial charge in [-0.1, -0.05) is 11.1 Å². The standard InChI is InChI=1S/C19H22N2O6/c1-9(2)15-11-5-6-12(15)17(19(23)24)16(11)18(22)20-13-8-10(21(25)26)4-7-14(13)27-3/h4,7-8,11-12,16-17H,5-6H2,1-3H3,(H,20,22)(H,23,24)/t11-,12-,16+,17-/m0/s1. The van der Waals surface area contributed by atoms with Crippen LogP contribution in [0.4, 0.5) is 11.4 Å². The van der Waals surface area contributed by atoms with Crippen molar-refractivity contribution in [2.75, 3.05) is 12.4 Å². The molecule has 8 nitrogen and oxygen atoms in total. The van der Waals surface area contributed by atoms with Crippen LogP contribution >= 0.6 is 0 Å². The average molecular weight is 374 g/mol. The number of carboxylic acid groups (broad SMARTS) is 1. The van der Waals surface area contributed by atoms with Crippen molar-refractivity contribution in [3.05, 3.63) is 39.5 Å². The molecule has 0 radical (unpaired) electrons. The van der Waals surface area contributed by atoms with Crippen LogP contribution in [0.3, 0.4) is 0 Å². The summed E-state index contributed by atoms with van der Waals surface area (Å²) in [7, 11) is 1.40. The Morgan fingerprint density at radius 1 is 1.22 bits per heavy atom. The summed E-state index contributed by atoms with van der Waals surface area (Å²) in [6.45, 7) is 3.90. The third-order valence-electron chi connectivity index (χ3n) is 5.66. The molecule has 1 amide bonds. The molecule has 2 aliphatic carbocycles. The van der Waals surface area contributed by atoms with Crippen LogP contribution in [-0.2, 0) is 9.59 Å². The number of hydrogen-bond donors (Lipinski definition) is 2. The Kier molecular flexibility index (Phi) is 4.91. The molecule has 8 heteroatoms. The van der Waals surface area contributed by atoms with Crippen molar-refractivity contribution in [1.82, 2.24) is 0 Å². The highest BCUT2D eigenvalue weighted by Crippen LogP contribution is 2.57. The molecule has 1 aromatic carbocycles. The molecule has 2 bridgehead atoms. The summed E-state index contributed by atoms with van der Waals surface area (Å²) < 4.78 is 5.18. The number of allylic oxidation sites excluding steroid dienone is 2. The van der Waals surface area contributed by atoms with E-state index in [0.717, 1.165) is 24.0 Å². The number of fused-ring (bicyclic) bond motifs is 2. The Morgan fingerprint density at radius 3 is 2.37 bits per heavy atom. The second kappa shape index (κ2) is 7.02. The summed E-state index contributed by atoms with van der Waals surface area (Å²) in [4.78, 5) is 35.4. The van der Waals surface area contributed by atoms with Crippen LogP contribution in [0.25, 0.3) is 0 Å². The fraction of sp³-hybridized carbons (Fsp3) is 0.474. The fourth-order valence-corrected chi connectivity index (χ4v) is 4.73. The molecule has 144 valence electrons. The van der Waals surface area contributed by atoms with E-state index in [1.54, 1.807) is 0 Å². The summed E-state index contributed by atoms with van der Waals surface area (Å²) in [6, 6.07) is 3.92. The SMILES string of the molecule is COc1ccc([N+](=O)[O-])cc1NC(=O)[C@H]1[C@@H](C(=O)O)[C@H]2CC[C@H]1C2=C(C)C. The molecule has 0 aromatic heterocycles. The highest BCUT2D eigenvalue weighted by Gasteiger charge is 2.57. The van der Waals surface area contributed by atoms with Gasteiger partial charge in [0.1, 0.15) is 5.75 Å². The molecule has 0 saturated heterocycles. The number of nitro benzene ring substituents is 1.